The van der Waals surface area contributed by atoms with Gasteiger partial charge >= 0.3 is 5.97 Å². The number of aromatic nitrogens is 3. The van der Waals surface area contributed by atoms with Crippen LogP contribution in [0.5, 0.6) is 0 Å². The van der Waals surface area contributed by atoms with Gasteiger partial charge in [-0.1, -0.05) is 23.2 Å². The molecule has 0 aliphatic carbocycles. The van der Waals surface area contributed by atoms with Crippen molar-refractivity contribution in [1.82, 2.24) is 14.5 Å². The van der Waals surface area contributed by atoms with Gasteiger partial charge in [0.15, 0.2) is 5.69 Å². The Kier molecular flexibility index (Phi) is 6.88. The van der Waals surface area contributed by atoms with Gasteiger partial charge in [-0.05, 0) is 31.2 Å². The normalized spacial score (nSPS) is 16.3. The van der Waals surface area contributed by atoms with E-state index in [0.717, 1.165) is 0 Å². The molecule has 0 unspecified atom stereocenters. The molecule has 4 rings (SSSR count). The van der Waals surface area contributed by atoms with Crippen LogP contribution in [-0.2, 0) is 11.8 Å². The number of nitrogens with zero attached hydrogens (tertiary/aromatic N) is 4. The number of carbonyl (C=O) groups is 1. The Morgan fingerprint density at radius 2 is 1.89 bits per heavy atom. The highest BCUT2D eigenvalue weighted by molar-refractivity contribution is 6.31. The first kappa shape index (κ1) is 25.1. The number of ether oxygens (including phenoxy) is 1. The maximum absolute atomic E-state index is 13.7. The van der Waals surface area contributed by atoms with Crippen LogP contribution in [0.1, 0.15) is 41.9 Å². The van der Waals surface area contributed by atoms with E-state index in [1.807, 2.05) is 0 Å². The molecule has 1 aliphatic rings. The second-order valence-electron chi connectivity index (χ2n) is 8.40. The summed E-state index contributed by atoms with van der Waals surface area (Å²) in [6.07, 6.45) is -0.627. The van der Waals surface area contributed by atoms with Gasteiger partial charge in [-0.25, -0.2) is 23.5 Å². The molecule has 0 amide bonds. The van der Waals surface area contributed by atoms with Crippen LogP contribution in [0, 0.1) is 0 Å². The van der Waals surface area contributed by atoms with Crippen LogP contribution in [-0.4, -0.2) is 46.6 Å². The number of esters is 1. The second-order valence-corrected chi connectivity index (χ2v) is 9.22. The molecule has 2 aromatic heterocycles. The van der Waals surface area contributed by atoms with Crippen molar-refractivity contribution in [3.8, 4) is 0 Å². The fourth-order valence-corrected chi connectivity index (χ4v) is 4.49. The molecule has 186 valence electrons. The summed E-state index contributed by atoms with van der Waals surface area (Å²) in [5, 5.41) is 3.93. The minimum atomic E-state index is -2.73. The zero-order valence-electron chi connectivity index (χ0n) is 19.2. The van der Waals surface area contributed by atoms with Crippen molar-refractivity contribution in [2.24, 2.45) is 7.05 Å². The third-order valence-electron chi connectivity index (χ3n) is 6.01. The van der Waals surface area contributed by atoms with E-state index in [1.54, 1.807) is 31.0 Å². The number of fused-ring (bicyclic) bond motifs is 1. The average molecular weight is 526 g/mol. The number of pyridine rings is 1. The van der Waals surface area contributed by atoms with Crippen LogP contribution >= 0.6 is 23.2 Å². The predicted molar refractivity (Wildman–Crippen MR) is 131 cm³/mol. The summed E-state index contributed by atoms with van der Waals surface area (Å²) < 4.78 is 33.6. The molecule has 1 aliphatic heterocycles. The molecule has 0 spiro atoms. The van der Waals surface area contributed by atoms with E-state index in [0.29, 0.717) is 27.7 Å². The second kappa shape index (κ2) is 9.58. The van der Waals surface area contributed by atoms with Crippen molar-refractivity contribution in [2.45, 2.75) is 31.7 Å². The molecule has 1 N–H and O–H groups in total. The Balaban J connectivity index is 1.79. The average Bonchev–Trinajstić information content (AvgIpc) is 2.82. The Hall–Kier alpha value is -2.98. The number of benzene rings is 1. The van der Waals surface area contributed by atoms with Crippen molar-refractivity contribution >= 4 is 51.7 Å². The standard InChI is InChI=1S/C23H23Cl2F2N5O3/c1-12(28-16-4-5-17(25)29-19(16)21(34)35-3)14-10-13(24)11-15-18(14)30-22(31(2)20(15)33)32-8-6-23(26,27)7-9-32/h4-5,10-12,28H,6-9H2,1-3H3/t12-/m1/s1. The highest BCUT2D eigenvalue weighted by Gasteiger charge is 2.35. The van der Waals surface area contributed by atoms with Crippen LogP contribution in [0.15, 0.2) is 29.1 Å². The van der Waals surface area contributed by atoms with E-state index in [4.69, 9.17) is 32.9 Å². The molecule has 1 atom stereocenters. The third kappa shape index (κ3) is 5.04. The first-order chi connectivity index (χ1) is 16.5. The Morgan fingerprint density at radius 3 is 2.54 bits per heavy atom. The number of piperidine rings is 1. The van der Waals surface area contributed by atoms with Gasteiger partial charge in [-0.3, -0.25) is 9.36 Å². The number of rotatable bonds is 5. The summed E-state index contributed by atoms with van der Waals surface area (Å²) in [6, 6.07) is 5.83. The van der Waals surface area contributed by atoms with Crippen molar-refractivity contribution in [1.29, 1.82) is 0 Å². The maximum Gasteiger partial charge on any atom is 0.358 e. The lowest BCUT2D eigenvalue weighted by molar-refractivity contribution is -0.0223. The lowest BCUT2D eigenvalue weighted by Gasteiger charge is -2.33. The molecule has 1 saturated heterocycles. The summed E-state index contributed by atoms with van der Waals surface area (Å²) >= 11 is 12.3. The third-order valence-corrected chi connectivity index (χ3v) is 6.44. The van der Waals surface area contributed by atoms with E-state index in [-0.39, 0.29) is 47.7 Å². The minimum Gasteiger partial charge on any atom is -0.464 e. The highest BCUT2D eigenvalue weighted by Crippen LogP contribution is 2.33. The van der Waals surface area contributed by atoms with Crippen LogP contribution in [0.4, 0.5) is 20.4 Å². The molecule has 1 aromatic carbocycles. The largest absolute Gasteiger partial charge is 0.464 e. The molecule has 35 heavy (non-hydrogen) atoms. The van der Waals surface area contributed by atoms with Crippen LogP contribution in [0.3, 0.4) is 0 Å². The Labute approximate surface area is 209 Å². The molecule has 0 radical (unpaired) electrons. The van der Waals surface area contributed by atoms with Crippen LogP contribution < -0.4 is 15.8 Å². The summed E-state index contributed by atoms with van der Waals surface area (Å²) in [5.41, 5.74) is 0.980. The fraction of sp³-hybridized carbons (Fsp3) is 0.391. The van der Waals surface area contributed by atoms with Gasteiger partial charge < -0.3 is 15.0 Å². The van der Waals surface area contributed by atoms with E-state index < -0.39 is 17.9 Å². The fourth-order valence-electron chi connectivity index (χ4n) is 4.12. The number of nitrogens with one attached hydrogen (secondary N) is 1. The topological polar surface area (TPSA) is 89.3 Å². The van der Waals surface area contributed by atoms with E-state index >= 15 is 0 Å². The summed E-state index contributed by atoms with van der Waals surface area (Å²) in [4.78, 5) is 35.9. The molecule has 0 saturated carbocycles. The molecule has 8 nitrogen and oxygen atoms in total. The van der Waals surface area contributed by atoms with E-state index in [9.17, 15) is 18.4 Å². The van der Waals surface area contributed by atoms with Crippen molar-refractivity contribution in [3.63, 3.8) is 0 Å². The van der Waals surface area contributed by atoms with Gasteiger partial charge in [-0.15, -0.1) is 0 Å². The molecule has 0 bridgehead atoms. The van der Waals surface area contributed by atoms with Gasteiger partial charge in [0.2, 0.25) is 5.95 Å². The van der Waals surface area contributed by atoms with Crippen molar-refractivity contribution < 1.29 is 18.3 Å². The molecule has 3 heterocycles. The zero-order chi connectivity index (χ0) is 25.5. The SMILES string of the molecule is COC(=O)c1nc(Cl)ccc1N[C@H](C)c1cc(Cl)cc2c(=O)n(C)c(N3CCC(F)(F)CC3)nc12. The first-order valence-electron chi connectivity index (χ1n) is 10.8. The number of alkyl halides is 2. The summed E-state index contributed by atoms with van der Waals surface area (Å²) in [7, 11) is 2.79. The zero-order valence-corrected chi connectivity index (χ0v) is 20.8. The quantitative estimate of drug-likeness (QED) is 0.376. The molecule has 3 aromatic rings. The van der Waals surface area contributed by atoms with Gasteiger partial charge in [-0.2, -0.15) is 0 Å². The van der Waals surface area contributed by atoms with Crippen LogP contribution in [0.25, 0.3) is 10.9 Å². The van der Waals surface area contributed by atoms with Gasteiger partial charge in [0, 0.05) is 43.6 Å². The van der Waals surface area contributed by atoms with E-state index in [2.05, 4.69) is 10.3 Å². The molecule has 1 fully saturated rings. The van der Waals surface area contributed by atoms with Crippen molar-refractivity contribution in [2.75, 3.05) is 30.4 Å². The molecular formula is C23H23Cl2F2N5O3. The smallest absolute Gasteiger partial charge is 0.358 e. The summed E-state index contributed by atoms with van der Waals surface area (Å²) in [5.74, 6) is -3.10. The van der Waals surface area contributed by atoms with Crippen molar-refractivity contribution in [3.05, 3.63) is 56.1 Å². The number of hydrogen-bond donors (Lipinski definition) is 1. The number of anilines is 2. The predicted octanol–water partition coefficient (Wildman–Crippen LogP) is 4.83. The van der Waals surface area contributed by atoms with Gasteiger partial charge in [0.05, 0.1) is 29.7 Å². The molecular weight excluding hydrogens is 503 g/mol. The van der Waals surface area contributed by atoms with Gasteiger partial charge in [0.25, 0.3) is 11.5 Å². The monoisotopic (exact) mass is 525 g/mol. The lowest BCUT2D eigenvalue weighted by atomic mass is 10.0. The Morgan fingerprint density at radius 1 is 1.20 bits per heavy atom. The maximum atomic E-state index is 13.7. The highest BCUT2D eigenvalue weighted by atomic mass is 35.5. The van der Waals surface area contributed by atoms with E-state index in [1.165, 1.54) is 23.8 Å². The molecule has 12 heteroatoms. The van der Waals surface area contributed by atoms with Crippen LogP contribution in [0.2, 0.25) is 10.2 Å². The Bertz CT molecular complexity index is 1360. The lowest BCUT2D eigenvalue weighted by Crippen LogP contribution is -2.42. The number of hydrogen-bond acceptors (Lipinski definition) is 7. The number of carbonyl (C=O) groups excluding carboxylic acids is 1. The minimum absolute atomic E-state index is 0.00279. The number of methoxy groups -OCH3 is 1. The number of halogens is 4. The first-order valence-corrected chi connectivity index (χ1v) is 11.6. The summed E-state index contributed by atoms with van der Waals surface area (Å²) in [6.45, 7) is 1.96. The van der Waals surface area contributed by atoms with Gasteiger partial charge in [0.1, 0.15) is 5.15 Å².